The first-order valence-electron chi connectivity index (χ1n) is 6.00. The van der Waals surface area contributed by atoms with Crippen molar-refractivity contribution < 1.29 is 29.0 Å². The van der Waals surface area contributed by atoms with E-state index >= 15 is 0 Å². The minimum atomic E-state index is -9.56. The van der Waals surface area contributed by atoms with Gasteiger partial charge in [-0.3, -0.25) is 0 Å². The molecular weight excluding hydrogens is 307 g/mol. The summed E-state index contributed by atoms with van der Waals surface area (Å²) in [4.78, 5) is 11.4. The molecule has 1 aliphatic heterocycles. The van der Waals surface area contributed by atoms with Crippen molar-refractivity contribution in [1.82, 2.24) is 10.6 Å². The second kappa shape index (κ2) is 4.36. The van der Waals surface area contributed by atoms with Gasteiger partial charge in [-0.1, -0.05) is 19.4 Å². The summed E-state index contributed by atoms with van der Waals surface area (Å²) in [5, 5.41) is 1.70. The number of halogens is 5. The molecule has 1 aliphatic rings. The summed E-state index contributed by atoms with van der Waals surface area (Å²) in [6.45, 7) is 3.91. The van der Waals surface area contributed by atoms with Gasteiger partial charge in [-0.2, -0.15) is 0 Å². The molecule has 0 unspecified atom stereocenters. The predicted molar refractivity (Wildman–Crippen MR) is 67.6 cm³/mol. The lowest BCUT2D eigenvalue weighted by Gasteiger charge is -2.49. The van der Waals surface area contributed by atoms with Crippen LogP contribution in [0.3, 0.4) is 0 Å². The van der Waals surface area contributed by atoms with Gasteiger partial charge < -0.3 is 15.4 Å². The fourth-order valence-corrected chi connectivity index (χ4v) is 2.85. The minimum absolute atomic E-state index is 0.0103. The SMILES string of the molecule is CC(C)(C)OC(=O)N[C@H]1CNC[C@@H](S(F)(F)(F)(F)F)C1. The molecule has 1 amide bonds. The van der Waals surface area contributed by atoms with Crippen molar-refractivity contribution in [3.8, 4) is 0 Å². The van der Waals surface area contributed by atoms with Crippen molar-refractivity contribution in [2.45, 2.75) is 44.1 Å². The monoisotopic (exact) mass is 326 g/mol. The van der Waals surface area contributed by atoms with Crippen molar-refractivity contribution in [3.63, 3.8) is 0 Å². The Kier molecular flexibility index (Phi) is 3.77. The van der Waals surface area contributed by atoms with Gasteiger partial charge in [-0.15, -0.1) is 0 Å². The van der Waals surface area contributed by atoms with Crippen LogP contribution in [0.4, 0.5) is 24.2 Å². The molecule has 4 nitrogen and oxygen atoms in total. The van der Waals surface area contributed by atoms with Crippen molar-refractivity contribution in [2.24, 2.45) is 0 Å². The molecule has 0 aromatic rings. The van der Waals surface area contributed by atoms with Gasteiger partial charge in [0.1, 0.15) is 10.9 Å². The van der Waals surface area contributed by atoms with Crippen LogP contribution in [0, 0.1) is 0 Å². The fraction of sp³-hybridized carbons (Fsp3) is 0.900. The maximum atomic E-state index is 12.7. The highest BCUT2D eigenvalue weighted by Crippen LogP contribution is 3.00. The molecule has 0 saturated carbocycles. The molecule has 1 fully saturated rings. The van der Waals surface area contributed by atoms with E-state index in [0.717, 1.165) is 0 Å². The van der Waals surface area contributed by atoms with Gasteiger partial charge in [0.2, 0.25) is 0 Å². The Bertz CT molecular complexity index is 392. The van der Waals surface area contributed by atoms with Gasteiger partial charge in [0, 0.05) is 19.1 Å². The maximum Gasteiger partial charge on any atom is 0.407 e. The van der Waals surface area contributed by atoms with Crippen molar-refractivity contribution >= 4 is 16.3 Å². The number of ether oxygens (including phenoxy) is 1. The molecule has 0 aliphatic carbocycles. The van der Waals surface area contributed by atoms with E-state index in [4.69, 9.17) is 4.74 Å². The molecule has 1 saturated heterocycles. The molecule has 0 bridgehead atoms. The van der Waals surface area contributed by atoms with Crippen LogP contribution >= 0.6 is 10.2 Å². The van der Waals surface area contributed by atoms with Crippen LogP contribution in [-0.2, 0) is 4.74 Å². The van der Waals surface area contributed by atoms with Gasteiger partial charge in [0.15, 0.2) is 0 Å². The number of piperidine rings is 1. The lowest BCUT2D eigenvalue weighted by Crippen LogP contribution is -2.53. The zero-order valence-corrected chi connectivity index (χ0v) is 12.2. The molecule has 1 rings (SSSR count). The average Bonchev–Trinajstić information content (AvgIpc) is 2.10. The summed E-state index contributed by atoms with van der Waals surface area (Å²) in [6.07, 6.45) is -1.78. The third-order valence-electron chi connectivity index (χ3n) is 2.66. The van der Waals surface area contributed by atoms with Crippen molar-refractivity contribution in [3.05, 3.63) is 0 Å². The molecular formula is C10H19F5N2O2S. The van der Waals surface area contributed by atoms with Crippen LogP contribution in [0.25, 0.3) is 0 Å². The van der Waals surface area contributed by atoms with E-state index in [1.807, 2.05) is 0 Å². The first-order valence-corrected chi connectivity index (χ1v) is 8.01. The Morgan fingerprint density at radius 2 is 1.75 bits per heavy atom. The Morgan fingerprint density at radius 3 is 2.20 bits per heavy atom. The number of carbonyl (C=O) groups is 1. The third kappa shape index (κ3) is 5.70. The van der Waals surface area contributed by atoms with Crippen LogP contribution in [0.15, 0.2) is 0 Å². The second-order valence-corrected chi connectivity index (χ2v) is 8.61. The Morgan fingerprint density at radius 1 is 1.20 bits per heavy atom. The van der Waals surface area contributed by atoms with Crippen LogP contribution < -0.4 is 10.6 Å². The second-order valence-electron chi connectivity index (χ2n) is 5.89. The molecule has 0 radical (unpaired) electrons. The lowest BCUT2D eigenvalue weighted by molar-refractivity contribution is 0.0495. The smallest absolute Gasteiger partial charge is 0.407 e. The van der Waals surface area contributed by atoms with Crippen molar-refractivity contribution in [2.75, 3.05) is 13.1 Å². The predicted octanol–water partition coefficient (Wildman–Crippen LogP) is 3.54. The van der Waals surface area contributed by atoms with Gasteiger partial charge in [0.25, 0.3) is 10.2 Å². The zero-order chi connectivity index (χ0) is 15.9. The minimum Gasteiger partial charge on any atom is -0.444 e. The topological polar surface area (TPSA) is 50.4 Å². The Hall–Kier alpha value is -0.770. The van der Waals surface area contributed by atoms with Gasteiger partial charge >= 0.3 is 6.09 Å². The molecule has 2 atom stereocenters. The van der Waals surface area contributed by atoms with E-state index in [9.17, 15) is 24.2 Å². The van der Waals surface area contributed by atoms with E-state index in [-0.39, 0.29) is 6.54 Å². The zero-order valence-electron chi connectivity index (χ0n) is 11.4. The standard InChI is InChI=1S/C10H19F5N2O2S/c1-10(2,3)19-9(18)17-7-4-8(6-16-5-7)20(11,12,13,14)15/h7-8,16H,4-6H2,1-3H3,(H,17,18)/t7-,8+/m1/s1. The van der Waals surface area contributed by atoms with Crippen LogP contribution in [0.5, 0.6) is 0 Å². The van der Waals surface area contributed by atoms with E-state index in [1.54, 1.807) is 20.8 Å². The molecule has 1 heterocycles. The molecule has 10 heteroatoms. The van der Waals surface area contributed by atoms with Crippen LogP contribution in [0.2, 0.25) is 0 Å². The van der Waals surface area contributed by atoms with E-state index in [2.05, 4.69) is 10.6 Å². The lowest BCUT2D eigenvalue weighted by atomic mass is 10.1. The maximum absolute atomic E-state index is 12.7. The normalized spacial score (nSPS) is 28.2. The summed E-state index contributed by atoms with van der Waals surface area (Å²) in [7, 11) is -9.56. The molecule has 122 valence electrons. The van der Waals surface area contributed by atoms with Gasteiger partial charge in [-0.25, -0.2) is 4.79 Å². The Labute approximate surface area is 114 Å². The van der Waals surface area contributed by atoms with E-state index in [1.165, 1.54) is 0 Å². The summed E-state index contributed by atoms with van der Waals surface area (Å²) in [5.41, 5.74) is -0.814. The number of rotatable bonds is 2. The van der Waals surface area contributed by atoms with Crippen molar-refractivity contribution in [1.29, 1.82) is 0 Å². The third-order valence-corrected chi connectivity index (χ3v) is 4.28. The summed E-state index contributed by atoms with van der Waals surface area (Å²) < 4.78 is 68.4. The van der Waals surface area contributed by atoms with Gasteiger partial charge in [-0.05, 0) is 27.2 Å². The van der Waals surface area contributed by atoms with E-state index < -0.39 is 46.2 Å². The molecule has 20 heavy (non-hydrogen) atoms. The van der Waals surface area contributed by atoms with Gasteiger partial charge in [0.05, 0.1) is 0 Å². The average molecular weight is 326 g/mol. The number of amides is 1. The molecule has 0 spiro atoms. The Balaban J connectivity index is 2.66. The number of carbonyl (C=O) groups excluding carboxylic acids is 1. The summed E-state index contributed by atoms with van der Waals surface area (Å²) in [6, 6.07) is -1.05. The highest BCUT2D eigenvalue weighted by Gasteiger charge is 2.70. The number of alkyl carbamates (subject to hydrolysis) is 1. The van der Waals surface area contributed by atoms with Crippen LogP contribution in [-0.4, -0.2) is 36.1 Å². The van der Waals surface area contributed by atoms with Crippen LogP contribution in [0.1, 0.15) is 27.2 Å². The molecule has 0 aromatic carbocycles. The first kappa shape index (κ1) is 17.3. The highest BCUT2D eigenvalue weighted by atomic mass is 32.5. The largest absolute Gasteiger partial charge is 0.444 e. The molecule has 2 N–H and O–H groups in total. The highest BCUT2D eigenvalue weighted by molar-refractivity contribution is 8.46. The van der Waals surface area contributed by atoms with E-state index in [0.29, 0.717) is 0 Å². The fourth-order valence-electron chi connectivity index (χ4n) is 1.83. The first-order chi connectivity index (χ1) is 8.57. The number of hydrogen-bond donors (Lipinski definition) is 2. The summed E-state index contributed by atoms with van der Waals surface area (Å²) in [5.74, 6) is 0. The summed E-state index contributed by atoms with van der Waals surface area (Å²) >= 11 is 0. The molecule has 0 aromatic heterocycles. The quantitative estimate of drug-likeness (QED) is 0.763. The number of hydrogen-bond acceptors (Lipinski definition) is 3. The number of nitrogens with one attached hydrogen (secondary N) is 2.